The molecule has 0 spiro atoms. The number of unbranched alkanes of at least 4 members (excludes halogenated alkanes) is 3. The Balaban J connectivity index is 1.59. The zero-order chi connectivity index (χ0) is 17.0. The Morgan fingerprint density at radius 2 is 0.958 bits per heavy atom. The Morgan fingerprint density at radius 1 is 0.583 bits per heavy atom. The highest BCUT2D eigenvalue weighted by Crippen LogP contribution is 2.11. The van der Waals surface area contributed by atoms with Crippen molar-refractivity contribution in [2.75, 3.05) is 13.1 Å². The van der Waals surface area contributed by atoms with Crippen LogP contribution < -0.4 is 0 Å². The second-order valence-electron chi connectivity index (χ2n) is 5.36. The third kappa shape index (κ3) is 6.16. The van der Waals surface area contributed by atoms with Crippen LogP contribution in [-0.2, 0) is 0 Å². The summed E-state index contributed by atoms with van der Waals surface area (Å²) in [6.45, 7) is 1.01. The van der Waals surface area contributed by atoms with Crippen molar-refractivity contribution < 1.29 is 9.72 Å². The molecule has 126 valence electrons. The Hall–Kier alpha value is -2.76. The van der Waals surface area contributed by atoms with E-state index < -0.39 is 0 Å². The fourth-order valence-corrected chi connectivity index (χ4v) is 2.17. The molecule has 0 fully saturated rings. The van der Waals surface area contributed by atoms with Gasteiger partial charge in [0, 0.05) is 24.3 Å². The summed E-state index contributed by atoms with van der Waals surface area (Å²) in [4.78, 5) is 1.34. The van der Waals surface area contributed by atoms with Gasteiger partial charge < -0.3 is 10.4 Å². The molecule has 0 N–H and O–H groups in total. The molecule has 0 saturated carbocycles. The maximum absolute atomic E-state index is 11.7. The van der Waals surface area contributed by atoms with Crippen LogP contribution >= 0.6 is 0 Å². The summed E-state index contributed by atoms with van der Waals surface area (Å²) in [6.07, 6.45) is 3.63. The van der Waals surface area contributed by atoms with Crippen LogP contribution in [0.15, 0.2) is 70.9 Å². The van der Waals surface area contributed by atoms with Crippen LogP contribution in [0, 0.1) is 10.4 Å². The lowest BCUT2D eigenvalue weighted by molar-refractivity contribution is -0.442. The van der Waals surface area contributed by atoms with E-state index in [4.69, 9.17) is 0 Å². The van der Waals surface area contributed by atoms with Crippen molar-refractivity contribution in [1.82, 2.24) is 0 Å². The van der Waals surface area contributed by atoms with E-state index in [-0.39, 0.29) is 0 Å². The number of hydrogen-bond donors (Lipinski definition) is 0. The Kier molecular flexibility index (Phi) is 7.40. The quantitative estimate of drug-likeness (QED) is 0.277. The number of nitrogens with zero attached hydrogens (tertiary/aromatic N) is 4. The van der Waals surface area contributed by atoms with Gasteiger partial charge in [0.05, 0.1) is 0 Å². The lowest BCUT2D eigenvalue weighted by Crippen LogP contribution is -1.95. The van der Waals surface area contributed by atoms with Crippen LogP contribution in [0.4, 0.5) is 11.4 Å². The highest BCUT2D eigenvalue weighted by molar-refractivity contribution is 5.28. The van der Waals surface area contributed by atoms with Gasteiger partial charge in [0.1, 0.15) is 13.1 Å². The predicted octanol–water partition coefficient (Wildman–Crippen LogP) is 5.14. The molecule has 0 aliphatic heterocycles. The molecule has 0 bridgehead atoms. The summed E-state index contributed by atoms with van der Waals surface area (Å²) in [5.74, 6) is 0. The topological polar surface area (TPSA) is 76.9 Å². The molecule has 6 nitrogen and oxygen atoms in total. The van der Waals surface area contributed by atoms with Gasteiger partial charge >= 0.3 is 0 Å². The molecule has 0 aromatic heterocycles. The van der Waals surface area contributed by atoms with Gasteiger partial charge in [-0.1, -0.05) is 59.0 Å². The molecule has 2 rings (SSSR count). The highest BCUT2D eigenvalue weighted by Gasteiger charge is 2.01. The van der Waals surface area contributed by atoms with Crippen molar-refractivity contribution in [1.29, 1.82) is 0 Å². The van der Waals surface area contributed by atoms with Crippen LogP contribution in [0.3, 0.4) is 0 Å². The number of rotatable bonds is 9. The van der Waals surface area contributed by atoms with Gasteiger partial charge in [-0.25, -0.2) is 0 Å². The molecule has 2 aromatic carbocycles. The molecular formula is C18H22N4O2. The van der Waals surface area contributed by atoms with Crippen LogP contribution in [0.2, 0.25) is 0 Å². The summed E-state index contributed by atoms with van der Waals surface area (Å²) >= 11 is 0. The summed E-state index contributed by atoms with van der Waals surface area (Å²) < 4.78 is 0. The molecule has 0 aliphatic carbocycles. The first-order valence-electron chi connectivity index (χ1n) is 8.17. The second-order valence-corrected chi connectivity index (χ2v) is 5.36. The van der Waals surface area contributed by atoms with E-state index in [1.807, 2.05) is 36.4 Å². The molecule has 0 atom stereocenters. The number of hydrogen-bond acceptors (Lipinski definition) is 4. The standard InChI is InChI=1S/C18H22N4O2/c23-21(17-11-5-3-6-12-17)19-15-9-1-2-10-16-20-22(24)18-13-7-4-8-14-18/h3-8,11-14H,1-2,9-10,15-16H2. The normalized spacial score (nSPS) is 12.3. The second kappa shape index (κ2) is 10.1. The molecule has 0 heterocycles. The van der Waals surface area contributed by atoms with Crippen LogP contribution in [-0.4, -0.2) is 22.8 Å². The average molecular weight is 326 g/mol. The Bertz CT molecular complexity index is 598. The fourth-order valence-electron chi connectivity index (χ4n) is 2.17. The van der Waals surface area contributed by atoms with E-state index in [1.54, 1.807) is 24.3 Å². The monoisotopic (exact) mass is 326 g/mol. The Morgan fingerprint density at radius 3 is 1.33 bits per heavy atom. The first-order chi connectivity index (χ1) is 11.8. The smallest absolute Gasteiger partial charge is 0.244 e. The third-order valence-electron chi connectivity index (χ3n) is 3.48. The van der Waals surface area contributed by atoms with E-state index in [2.05, 4.69) is 10.2 Å². The Labute approximate surface area is 141 Å². The number of para-hydroxylation sites is 2. The summed E-state index contributed by atoms with van der Waals surface area (Å²) in [6, 6.07) is 17.9. The zero-order valence-corrected chi connectivity index (χ0v) is 13.6. The molecule has 0 radical (unpaired) electrons. The number of azo groups is 2. The van der Waals surface area contributed by atoms with Gasteiger partial charge in [-0.2, -0.15) is 0 Å². The minimum atomic E-state index is 0.507. The van der Waals surface area contributed by atoms with Crippen molar-refractivity contribution in [3.8, 4) is 0 Å². The summed E-state index contributed by atoms with van der Waals surface area (Å²) in [5.41, 5.74) is 1.10. The minimum Gasteiger partial charge on any atom is -0.594 e. The third-order valence-corrected chi connectivity index (χ3v) is 3.48. The van der Waals surface area contributed by atoms with Gasteiger partial charge in [-0.3, -0.25) is 0 Å². The zero-order valence-electron chi connectivity index (χ0n) is 13.6. The molecule has 0 saturated heterocycles. The summed E-state index contributed by atoms with van der Waals surface area (Å²) in [5, 5.41) is 31.3. The van der Waals surface area contributed by atoms with Gasteiger partial charge in [0.25, 0.3) is 0 Å². The molecule has 0 amide bonds. The fraction of sp³-hybridized carbons (Fsp3) is 0.333. The van der Waals surface area contributed by atoms with E-state index in [1.165, 1.54) is 0 Å². The highest BCUT2D eigenvalue weighted by atomic mass is 16.5. The lowest BCUT2D eigenvalue weighted by Gasteiger charge is -2.00. The first-order valence-corrected chi connectivity index (χ1v) is 8.17. The van der Waals surface area contributed by atoms with Gasteiger partial charge in [0.15, 0.2) is 0 Å². The van der Waals surface area contributed by atoms with Gasteiger partial charge in [0.2, 0.25) is 11.4 Å². The molecular weight excluding hydrogens is 304 g/mol. The lowest BCUT2D eigenvalue weighted by atomic mass is 10.2. The maximum Gasteiger partial charge on any atom is 0.244 e. The van der Waals surface area contributed by atoms with E-state index in [9.17, 15) is 10.4 Å². The largest absolute Gasteiger partial charge is 0.594 e. The minimum absolute atomic E-state index is 0.507. The van der Waals surface area contributed by atoms with Gasteiger partial charge in [-0.15, -0.1) is 0 Å². The average Bonchev–Trinajstić information content (AvgIpc) is 2.65. The van der Waals surface area contributed by atoms with E-state index >= 15 is 0 Å². The van der Waals surface area contributed by atoms with Crippen molar-refractivity contribution in [2.45, 2.75) is 25.7 Å². The van der Waals surface area contributed by atoms with E-state index in [0.29, 0.717) is 34.2 Å². The van der Waals surface area contributed by atoms with Crippen molar-refractivity contribution in [3.05, 3.63) is 71.1 Å². The van der Waals surface area contributed by atoms with Crippen LogP contribution in [0.5, 0.6) is 0 Å². The predicted molar refractivity (Wildman–Crippen MR) is 92.5 cm³/mol. The molecule has 0 unspecified atom stereocenters. The van der Waals surface area contributed by atoms with Crippen LogP contribution in [0.25, 0.3) is 0 Å². The maximum atomic E-state index is 11.7. The molecule has 6 heteroatoms. The van der Waals surface area contributed by atoms with E-state index in [0.717, 1.165) is 25.7 Å². The number of benzene rings is 2. The van der Waals surface area contributed by atoms with Crippen molar-refractivity contribution in [3.63, 3.8) is 0 Å². The molecule has 0 aliphatic rings. The molecule has 2 aromatic rings. The van der Waals surface area contributed by atoms with Crippen molar-refractivity contribution in [2.24, 2.45) is 10.2 Å². The summed E-state index contributed by atoms with van der Waals surface area (Å²) in [7, 11) is 0. The van der Waals surface area contributed by atoms with Crippen LogP contribution in [0.1, 0.15) is 25.7 Å². The van der Waals surface area contributed by atoms with Gasteiger partial charge in [-0.05, 0) is 23.1 Å². The SMILES string of the molecule is [O-][N+](=NCCCCCCN=[N+]([O-])c1ccccc1)c1ccccc1. The van der Waals surface area contributed by atoms with Crippen molar-refractivity contribution >= 4 is 11.4 Å². The molecule has 24 heavy (non-hydrogen) atoms. The first kappa shape index (κ1) is 17.6.